The molecule has 0 unspecified atom stereocenters. The summed E-state index contributed by atoms with van der Waals surface area (Å²) in [4.78, 5) is 2.31. The summed E-state index contributed by atoms with van der Waals surface area (Å²) in [7, 11) is -10.1. The fourth-order valence-electron chi connectivity index (χ4n) is 4.76. The highest BCUT2D eigenvalue weighted by Crippen LogP contribution is 2.44. The van der Waals surface area contributed by atoms with E-state index in [1.165, 1.54) is 12.1 Å². The first-order chi connectivity index (χ1) is 18.3. The Bertz CT molecular complexity index is 1490. The summed E-state index contributed by atoms with van der Waals surface area (Å²) >= 11 is 0. The summed E-state index contributed by atoms with van der Waals surface area (Å²) in [5.41, 5.74) is 1.67. The first-order valence-electron chi connectivity index (χ1n) is 12.5. The summed E-state index contributed by atoms with van der Waals surface area (Å²) in [6, 6.07) is 12.3. The molecule has 3 N–H and O–H groups in total. The molecule has 0 bridgehead atoms. The Hall–Kier alpha value is -3.32. The molecule has 39 heavy (non-hydrogen) atoms. The van der Waals surface area contributed by atoms with E-state index in [1.54, 1.807) is 24.3 Å². The van der Waals surface area contributed by atoms with E-state index in [0.29, 0.717) is 43.6 Å². The summed E-state index contributed by atoms with van der Waals surface area (Å²) in [6.45, 7) is 10.5. The molecule has 0 spiro atoms. The van der Waals surface area contributed by atoms with Crippen molar-refractivity contribution in [3.63, 3.8) is 0 Å². The van der Waals surface area contributed by atoms with Crippen molar-refractivity contribution >= 4 is 31.6 Å². The van der Waals surface area contributed by atoms with Crippen LogP contribution in [0.5, 0.6) is 11.5 Å². The fourth-order valence-corrected chi connectivity index (χ4v) is 6.09. The van der Waals surface area contributed by atoms with Crippen LogP contribution in [0.3, 0.4) is 0 Å². The van der Waals surface area contributed by atoms with E-state index in [4.69, 9.17) is 0 Å². The monoisotopic (exact) mass is 577 g/mol. The molecule has 0 heterocycles. The molecule has 0 radical (unpaired) electrons. The minimum atomic E-state index is -5.05. The molecule has 3 aromatic carbocycles. The topological polar surface area (TPSA) is 159 Å². The van der Waals surface area contributed by atoms with E-state index in [9.17, 15) is 36.2 Å². The van der Waals surface area contributed by atoms with E-state index < -0.39 is 35.9 Å². The van der Waals surface area contributed by atoms with Gasteiger partial charge in [0, 0.05) is 66.7 Å². The highest BCUT2D eigenvalue weighted by Gasteiger charge is 2.30. The predicted molar refractivity (Wildman–Crippen MR) is 149 cm³/mol. The first-order valence-corrected chi connectivity index (χ1v) is 15.3. The summed E-state index contributed by atoms with van der Waals surface area (Å²) in [5.74, 6) is -1.58. The molecule has 0 aliphatic rings. The smallest absolute Gasteiger partial charge is 0.294 e. The van der Waals surface area contributed by atoms with Gasteiger partial charge in [0.15, 0.2) is 0 Å². The number of hydrogen-bond donors (Lipinski definition) is 3. The van der Waals surface area contributed by atoms with Crippen molar-refractivity contribution in [1.82, 2.24) is 0 Å². The average Bonchev–Trinajstić information content (AvgIpc) is 2.87. The maximum absolute atomic E-state index is 12.4. The Kier molecular flexibility index (Phi) is 9.16. The van der Waals surface area contributed by atoms with Crippen molar-refractivity contribution < 1.29 is 36.2 Å². The van der Waals surface area contributed by atoms with Crippen LogP contribution in [-0.2, 0) is 20.2 Å². The zero-order valence-corrected chi connectivity index (χ0v) is 23.8. The molecule has 0 amide bonds. The fraction of sp³-hybridized carbons (Fsp3) is 0.333. The Morgan fingerprint density at radius 2 is 1.10 bits per heavy atom. The van der Waals surface area contributed by atoms with Crippen molar-refractivity contribution in [2.45, 2.75) is 43.4 Å². The van der Waals surface area contributed by atoms with E-state index in [-0.39, 0.29) is 28.2 Å². The lowest BCUT2D eigenvalue weighted by molar-refractivity contribution is 0.455. The average molecular weight is 578 g/mol. The number of phenolic OH excluding ortho intramolecular Hbond substituents is 2. The number of anilines is 2. The molecule has 0 saturated carbocycles. The lowest BCUT2D eigenvalue weighted by atomic mass is 9.83. The van der Waals surface area contributed by atoms with Gasteiger partial charge in [0.1, 0.15) is 21.6 Å². The van der Waals surface area contributed by atoms with Gasteiger partial charge in [-0.25, -0.2) is 8.42 Å². The van der Waals surface area contributed by atoms with Crippen LogP contribution in [0.15, 0.2) is 64.4 Å². The predicted octanol–water partition coefficient (Wildman–Crippen LogP) is 4.12. The normalized spacial score (nSPS) is 12.1. The summed E-state index contributed by atoms with van der Waals surface area (Å²) in [5, 5.41) is 22.3. The van der Waals surface area contributed by atoms with Crippen LogP contribution in [0.1, 0.15) is 50.3 Å². The van der Waals surface area contributed by atoms with Gasteiger partial charge in [0.2, 0.25) is 0 Å². The van der Waals surface area contributed by atoms with Crippen LogP contribution < -0.4 is 9.80 Å². The third-order valence-corrected chi connectivity index (χ3v) is 8.51. The van der Waals surface area contributed by atoms with Crippen LogP contribution in [0, 0.1) is 0 Å². The second-order valence-electron chi connectivity index (χ2n) is 8.89. The van der Waals surface area contributed by atoms with Gasteiger partial charge in [-0.1, -0.05) is 18.2 Å². The Morgan fingerprint density at radius 1 is 0.692 bits per heavy atom. The van der Waals surface area contributed by atoms with E-state index in [2.05, 4.69) is 0 Å². The van der Waals surface area contributed by atoms with Gasteiger partial charge in [0.05, 0.1) is 9.79 Å². The van der Waals surface area contributed by atoms with Gasteiger partial charge in [-0.3, -0.25) is 4.55 Å². The van der Waals surface area contributed by atoms with Crippen molar-refractivity contribution in [3.05, 3.63) is 71.3 Å². The van der Waals surface area contributed by atoms with Gasteiger partial charge in [-0.05, 0) is 57.5 Å². The van der Waals surface area contributed by atoms with Crippen LogP contribution in [-0.4, -0.2) is 62.3 Å². The molecule has 3 rings (SSSR count). The number of rotatable bonds is 11. The molecule has 0 fully saturated rings. The van der Waals surface area contributed by atoms with E-state index in [0.717, 1.165) is 12.1 Å². The minimum absolute atomic E-state index is 0.137. The molecule has 12 heteroatoms. The van der Waals surface area contributed by atoms with Crippen LogP contribution >= 0.6 is 0 Å². The Balaban J connectivity index is 2.37. The Labute approximate surface area is 229 Å². The lowest BCUT2D eigenvalue weighted by Gasteiger charge is -2.27. The molecule has 10 nitrogen and oxygen atoms in total. The van der Waals surface area contributed by atoms with Crippen LogP contribution in [0.4, 0.5) is 11.4 Å². The van der Waals surface area contributed by atoms with Gasteiger partial charge < -0.3 is 24.6 Å². The van der Waals surface area contributed by atoms with Crippen LogP contribution in [0.2, 0.25) is 0 Å². The third-order valence-electron chi connectivity index (χ3n) is 6.77. The molecular formula is C27H33N2O8S2-. The summed E-state index contributed by atoms with van der Waals surface area (Å²) in [6.07, 6.45) is 0. The van der Waals surface area contributed by atoms with Gasteiger partial charge in [0.25, 0.3) is 10.1 Å². The minimum Gasteiger partial charge on any atom is -0.744 e. The standard InChI is InChI=1S/C27H34N2O8S2/c1-5-28(6-2)18-9-12-21(24(30)15-18)27(22-13-10-19(16-25(22)31)29(7-3)8-4)23-14-11-20(38(32,33)34)17-26(23)39(35,36)37/h9-17,27,30-31H,5-8H2,1-4H3,(H,32,33,34)(H,35,36,37)/p-1. The molecule has 0 aliphatic carbocycles. The zero-order valence-electron chi connectivity index (χ0n) is 22.2. The number of aromatic hydroxyl groups is 2. The van der Waals surface area contributed by atoms with Gasteiger partial charge in [-0.15, -0.1) is 0 Å². The van der Waals surface area contributed by atoms with Crippen molar-refractivity contribution in [3.8, 4) is 11.5 Å². The zero-order chi connectivity index (χ0) is 29.1. The Morgan fingerprint density at radius 3 is 1.44 bits per heavy atom. The molecule has 0 aromatic heterocycles. The highest BCUT2D eigenvalue weighted by molar-refractivity contribution is 7.86. The second-order valence-corrected chi connectivity index (χ2v) is 11.7. The van der Waals surface area contributed by atoms with Crippen LogP contribution in [0.25, 0.3) is 0 Å². The van der Waals surface area contributed by atoms with E-state index >= 15 is 0 Å². The van der Waals surface area contributed by atoms with Crippen molar-refractivity contribution in [2.75, 3.05) is 36.0 Å². The highest BCUT2D eigenvalue weighted by atomic mass is 32.2. The van der Waals surface area contributed by atoms with E-state index in [1.807, 2.05) is 37.5 Å². The third kappa shape index (κ3) is 6.47. The number of nitrogens with zero attached hydrogens (tertiary/aromatic N) is 2. The first kappa shape index (κ1) is 30.2. The molecule has 0 saturated heterocycles. The largest absolute Gasteiger partial charge is 0.744 e. The quantitative estimate of drug-likeness (QED) is 0.223. The summed E-state index contributed by atoms with van der Waals surface area (Å²) < 4.78 is 69.8. The maximum Gasteiger partial charge on any atom is 0.294 e. The number of benzene rings is 3. The van der Waals surface area contributed by atoms with Crippen molar-refractivity contribution in [1.29, 1.82) is 0 Å². The number of phenols is 2. The maximum atomic E-state index is 12.4. The van der Waals surface area contributed by atoms with Crippen molar-refractivity contribution in [2.24, 2.45) is 0 Å². The molecule has 3 aromatic rings. The lowest BCUT2D eigenvalue weighted by Crippen LogP contribution is -2.22. The molecule has 0 atom stereocenters. The molecular weight excluding hydrogens is 544 g/mol. The molecule has 212 valence electrons. The number of hydrogen-bond acceptors (Lipinski definition) is 9. The molecule has 0 aliphatic heterocycles. The van der Waals surface area contributed by atoms with Gasteiger partial charge in [-0.2, -0.15) is 8.42 Å². The second kappa shape index (κ2) is 11.8. The van der Waals surface area contributed by atoms with Gasteiger partial charge >= 0.3 is 0 Å². The SMILES string of the molecule is CCN(CC)c1ccc(C(c2ccc(N(CC)CC)cc2O)c2ccc(S(=O)(=O)[O-])cc2S(=O)(=O)O)c(O)c1.